The van der Waals surface area contributed by atoms with Gasteiger partial charge in [-0.15, -0.1) is 0 Å². The Morgan fingerprint density at radius 3 is 3.00 bits per heavy atom. The molecule has 2 unspecified atom stereocenters. The first-order valence-electron chi connectivity index (χ1n) is 7.93. The summed E-state index contributed by atoms with van der Waals surface area (Å²) in [5.41, 5.74) is 1.78. The van der Waals surface area contributed by atoms with Crippen LogP contribution in [0.15, 0.2) is 24.3 Å². The number of benzene rings is 1. The van der Waals surface area contributed by atoms with E-state index in [4.69, 9.17) is 9.84 Å². The molecule has 0 spiro atoms. The monoisotopic (exact) mass is 335 g/mol. The molecule has 124 valence electrons. The van der Waals surface area contributed by atoms with Crippen LogP contribution in [0.2, 0.25) is 0 Å². The SMILES string of the molecule is O=C(O)CC1CSCCN1C(=O)c1cccc(C2CCOC2)c1. The second-order valence-corrected chi connectivity index (χ2v) is 7.16. The number of ether oxygens (including phenoxy) is 1. The van der Waals surface area contributed by atoms with Gasteiger partial charge in [-0.2, -0.15) is 11.8 Å². The first-order chi connectivity index (χ1) is 11.1. The lowest BCUT2D eigenvalue weighted by Crippen LogP contribution is -2.47. The first-order valence-corrected chi connectivity index (χ1v) is 9.09. The molecule has 0 saturated carbocycles. The Hall–Kier alpha value is -1.53. The zero-order valence-corrected chi connectivity index (χ0v) is 13.8. The number of thioether (sulfide) groups is 1. The molecule has 0 aromatic heterocycles. The number of carboxylic acid groups (broad SMARTS) is 1. The molecule has 2 atom stereocenters. The number of carboxylic acids is 1. The molecule has 2 saturated heterocycles. The first kappa shape index (κ1) is 16.3. The van der Waals surface area contributed by atoms with Crippen LogP contribution in [-0.2, 0) is 9.53 Å². The number of nitrogens with zero attached hydrogens (tertiary/aromatic N) is 1. The van der Waals surface area contributed by atoms with Crippen molar-refractivity contribution in [1.82, 2.24) is 4.90 Å². The average Bonchev–Trinajstić information content (AvgIpc) is 3.09. The van der Waals surface area contributed by atoms with Crippen LogP contribution in [0.5, 0.6) is 0 Å². The summed E-state index contributed by atoms with van der Waals surface area (Å²) in [5.74, 6) is 0.991. The highest BCUT2D eigenvalue weighted by molar-refractivity contribution is 7.99. The van der Waals surface area contributed by atoms with Gasteiger partial charge < -0.3 is 14.7 Å². The van der Waals surface area contributed by atoms with Gasteiger partial charge >= 0.3 is 5.97 Å². The number of hydrogen-bond donors (Lipinski definition) is 1. The van der Waals surface area contributed by atoms with Gasteiger partial charge in [0.1, 0.15) is 0 Å². The third kappa shape index (κ3) is 3.87. The third-order valence-corrected chi connectivity index (χ3v) is 5.53. The largest absolute Gasteiger partial charge is 0.481 e. The maximum Gasteiger partial charge on any atom is 0.305 e. The van der Waals surface area contributed by atoms with Crippen LogP contribution in [0, 0.1) is 0 Å². The van der Waals surface area contributed by atoms with Gasteiger partial charge in [0.15, 0.2) is 0 Å². The molecule has 6 heteroatoms. The summed E-state index contributed by atoms with van der Waals surface area (Å²) in [5, 5.41) is 9.06. The molecule has 1 N–H and O–H groups in total. The molecular weight excluding hydrogens is 314 g/mol. The van der Waals surface area contributed by atoms with Gasteiger partial charge in [0.2, 0.25) is 0 Å². The van der Waals surface area contributed by atoms with E-state index in [0.717, 1.165) is 24.3 Å². The molecule has 2 aliphatic rings. The molecule has 5 nitrogen and oxygen atoms in total. The Balaban J connectivity index is 1.78. The van der Waals surface area contributed by atoms with Gasteiger partial charge in [-0.1, -0.05) is 12.1 Å². The van der Waals surface area contributed by atoms with E-state index in [2.05, 4.69) is 0 Å². The molecule has 3 rings (SSSR count). The van der Waals surface area contributed by atoms with Crippen molar-refractivity contribution in [2.45, 2.75) is 24.8 Å². The predicted molar refractivity (Wildman–Crippen MR) is 89.0 cm³/mol. The number of carbonyl (C=O) groups is 2. The minimum Gasteiger partial charge on any atom is -0.481 e. The van der Waals surface area contributed by atoms with Gasteiger partial charge in [0.25, 0.3) is 5.91 Å². The van der Waals surface area contributed by atoms with E-state index in [0.29, 0.717) is 30.4 Å². The number of carbonyl (C=O) groups excluding carboxylic acids is 1. The van der Waals surface area contributed by atoms with Gasteiger partial charge in [-0.3, -0.25) is 9.59 Å². The summed E-state index contributed by atoms with van der Waals surface area (Å²) in [6.45, 7) is 2.09. The maximum atomic E-state index is 12.9. The predicted octanol–water partition coefficient (Wildman–Crippen LogP) is 2.22. The van der Waals surface area contributed by atoms with Gasteiger partial charge in [-0.05, 0) is 24.1 Å². The second kappa shape index (κ2) is 7.36. The summed E-state index contributed by atoms with van der Waals surface area (Å²) in [7, 11) is 0. The molecule has 2 heterocycles. The minimum absolute atomic E-state index is 0.00883. The van der Waals surface area contributed by atoms with Crippen molar-refractivity contribution in [1.29, 1.82) is 0 Å². The fourth-order valence-corrected chi connectivity index (χ4v) is 4.24. The summed E-state index contributed by atoms with van der Waals surface area (Å²) in [6, 6.07) is 7.49. The second-order valence-electron chi connectivity index (χ2n) is 6.01. The van der Waals surface area contributed by atoms with Crippen molar-refractivity contribution in [2.24, 2.45) is 0 Å². The van der Waals surface area contributed by atoms with Crippen molar-refractivity contribution in [3.63, 3.8) is 0 Å². The Labute approximate surface area is 140 Å². The highest BCUT2D eigenvalue weighted by atomic mass is 32.2. The van der Waals surface area contributed by atoms with E-state index in [-0.39, 0.29) is 18.4 Å². The zero-order chi connectivity index (χ0) is 16.2. The summed E-state index contributed by atoms with van der Waals surface area (Å²) in [6.07, 6.45) is 0.995. The summed E-state index contributed by atoms with van der Waals surface area (Å²) >= 11 is 1.71. The molecule has 1 aromatic carbocycles. The molecule has 1 amide bonds. The van der Waals surface area contributed by atoms with E-state index in [1.807, 2.05) is 24.3 Å². The molecule has 0 bridgehead atoms. The highest BCUT2D eigenvalue weighted by Crippen LogP contribution is 2.27. The van der Waals surface area contributed by atoms with Crippen LogP contribution < -0.4 is 0 Å². The van der Waals surface area contributed by atoms with E-state index in [1.54, 1.807) is 16.7 Å². The Morgan fingerprint density at radius 1 is 1.39 bits per heavy atom. The lowest BCUT2D eigenvalue weighted by molar-refractivity contribution is -0.138. The maximum absolute atomic E-state index is 12.9. The zero-order valence-electron chi connectivity index (χ0n) is 12.9. The van der Waals surface area contributed by atoms with E-state index in [1.165, 1.54) is 0 Å². The standard InChI is InChI=1S/C17H21NO4S/c19-16(20)9-15-11-23-7-5-18(15)17(21)13-3-1-2-12(8-13)14-4-6-22-10-14/h1-3,8,14-15H,4-7,9-11H2,(H,19,20). The van der Waals surface area contributed by atoms with Crippen molar-refractivity contribution in [3.05, 3.63) is 35.4 Å². The van der Waals surface area contributed by atoms with E-state index >= 15 is 0 Å². The normalized spacial score (nSPS) is 24.6. The van der Waals surface area contributed by atoms with Crippen molar-refractivity contribution < 1.29 is 19.4 Å². The average molecular weight is 335 g/mol. The quantitative estimate of drug-likeness (QED) is 0.914. The third-order valence-electron chi connectivity index (χ3n) is 4.43. The number of hydrogen-bond acceptors (Lipinski definition) is 4. The summed E-state index contributed by atoms with van der Waals surface area (Å²) < 4.78 is 5.43. The van der Waals surface area contributed by atoms with Gasteiger partial charge in [0.05, 0.1) is 19.1 Å². The van der Waals surface area contributed by atoms with Crippen LogP contribution in [0.4, 0.5) is 0 Å². The fourth-order valence-electron chi connectivity index (χ4n) is 3.18. The van der Waals surface area contributed by atoms with Gasteiger partial charge in [0, 0.05) is 36.1 Å². The molecule has 23 heavy (non-hydrogen) atoms. The highest BCUT2D eigenvalue weighted by Gasteiger charge is 2.30. The topological polar surface area (TPSA) is 66.8 Å². The molecule has 1 aromatic rings. The van der Waals surface area contributed by atoms with Crippen LogP contribution in [0.3, 0.4) is 0 Å². The summed E-state index contributed by atoms with van der Waals surface area (Å²) in [4.78, 5) is 25.6. The van der Waals surface area contributed by atoms with Crippen LogP contribution in [0.25, 0.3) is 0 Å². The molecule has 2 aliphatic heterocycles. The number of rotatable bonds is 4. The van der Waals surface area contributed by atoms with Crippen LogP contribution >= 0.6 is 11.8 Å². The van der Waals surface area contributed by atoms with E-state index in [9.17, 15) is 9.59 Å². The number of aliphatic carboxylic acids is 1. The van der Waals surface area contributed by atoms with Crippen molar-refractivity contribution in [2.75, 3.05) is 31.3 Å². The van der Waals surface area contributed by atoms with Crippen molar-refractivity contribution in [3.8, 4) is 0 Å². The minimum atomic E-state index is -0.854. The van der Waals surface area contributed by atoms with E-state index < -0.39 is 5.97 Å². The van der Waals surface area contributed by atoms with Gasteiger partial charge in [-0.25, -0.2) is 0 Å². The number of amides is 1. The Bertz CT molecular complexity index is 586. The van der Waals surface area contributed by atoms with Crippen LogP contribution in [0.1, 0.15) is 34.7 Å². The molecule has 2 fully saturated rings. The lowest BCUT2D eigenvalue weighted by Gasteiger charge is -2.34. The molecular formula is C17H21NO4S. The Morgan fingerprint density at radius 2 is 2.26 bits per heavy atom. The molecule has 0 radical (unpaired) electrons. The Kier molecular flexibility index (Phi) is 5.23. The van der Waals surface area contributed by atoms with Crippen LogP contribution in [-0.4, -0.2) is 59.2 Å². The smallest absolute Gasteiger partial charge is 0.305 e. The fraction of sp³-hybridized carbons (Fsp3) is 0.529. The molecule has 0 aliphatic carbocycles. The van der Waals surface area contributed by atoms with Crippen molar-refractivity contribution >= 4 is 23.6 Å². The lowest BCUT2D eigenvalue weighted by atomic mass is 9.96.